The molecule has 1 aromatic heterocycles. The van der Waals surface area contributed by atoms with Crippen molar-refractivity contribution in [3.63, 3.8) is 0 Å². The van der Waals surface area contributed by atoms with Crippen molar-refractivity contribution in [1.29, 1.82) is 0 Å². The Morgan fingerprint density at radius 2 is 1.62 bits per heavy atom. The van der Waals surface area contributed by atoms with Gasteiger partial charge in [-0.1, -0.05) is 42.5 Å². The topological polar surface area (TPSA) is 79.7 Å². The maximum Gasteiger partial charge on any atom is 0.295 e. The Morgan fingerprint density at radius 1 is 0.892 bits per heavy atom. The number of Topliss-reactive ketones (excluding diaryl/α,β-unsaturated/α-hetero) is 1. The van der Waals surface area contributed by atoms with Gasteiger partial charge < -0.3 is 14.7 Å². The summed E-state index contributed by atoms with van der Waals surface area (Å²) in [5.41, 5.74) is 2.55. The van der Waals surface area contributed by atoms with E-state index in [0.29, 0.717) is 17.9 Å². The number of aromatic nitrogens is 1. The lowest BCUT2D eigenvalue weighted by atomic mass is 9.95. The molecule has 1 saturated heterocycles. The highest BCUT2D eigenvalue weighted by molar-refractivity contribution is 6.46. The number of halogens is 1. The molecule has 1 N–H and O–H groups in total. The minimum Gasteiger partial charge on any atom is -0.507 e. The predicted octanol–water partition coefficient (Wildman–Crippen LogP) is 5.42. The molecule has 37 heavy (non-hydrogen) atoms. The van der Waals surface area contributed by atoms with Gasteiger partial charge in [0.2, 0.25) is 0 Å². The molecule has 6 nitrogen and oxygen atoms in total. The second-order valence-electron chi connectivity index (χ2n) is 8.64. The third-order valence-electron chi connectivity index (χ3n) is 6.18. The van der Waals surface area contributed by atoms with E-state index in [9.17, 15) is 19.1 Å². The van der Waals surface area contributed by atoms with Gasteiger partial charge in [0.05, 0.1) is 11.6 Å². The minimum absolute atomic E-state index is 0.0640. The van der Waals surface area contributed by atoms with Crippen LogP contribution in [0.5, 0.6) is 5.75 Å². The number of nitrogens with zero attached hydrogens (tertiary/aromatic N) is 2. The fraction of sp³-hybridized carbons (Fsp3) is 0.100. The maximum atomic E-state index is 13.5. The van der Waals surface area contributed by atoms with Gasteiger partial charge in [0.1, 0.15) is 23.9 Å². The van der Waals surface area contributed by atoms with Gasteiger partial charge in [-0.25, -0.2) is 4.39 Å². The third-order valence-corrected chi connectivity index (χ3v) is 6.18. The zero-order valence-electron chi connectivity index (χ0n) is 19.8. The van der Waals surface area contributed by atoms with Gasteiger partial charge in [-0.3, -0.25) is 14.6 Å². The largest absolute Gasteiger partial charge is 0.507 e. The fourth-order valence-electron chi connectivity index (χ4n) is 4.35. The molecule has 3 aromatic carbocycles. The van der Waals surface area contributed by atoms with E-state index in [1.807, 2.05) is 30.3 Å². The molecule has 5 rings (SSSR count). The first-order valence-electron chi connectivity index (χ1n) is 11.7. The molecule has 184 valence electrons. The van der Waals surface area contributed by atoms with Crippen LogP contribution >= 0.6 is 0 Å². The number of aliphatic hydroxyl groups excluding tert-OH is 1. The Balaban J connectivity index is 1.56. The van der Waals surface area contributed by atoms with Gasteiger partial charge in [0.15, 0.2) is 0 Å². The molecule has 1 aliphatic rings. The number of benzene rings is 3. The van der Waals surface area contributed by atoms with E-state index in [4.69, 9.17) is 4.74 Å². The Hall–Kier alpha value is -4.78. The number of ether oxygens (including phenoxy) is 1. The third kappa shape index (κ3) is 5.11. The number of pyridine rings is 1. The SMILES string of the molecule is O=C1C(=O)N(Cc2ccncc2)C(c2cccc(OCc3ccccc3)c2)/C1=C(\O)c1ccc(F)cc1. The summed E-state index contributed by atoms with van der Waals surface area (Å²) in [6.45, 7) is 0.476. The second kappa shape index (κ2) is 10.5. The molecule has 0 aliphatic carbocycles. The van der Waals surface area contributed by atoms with E-state index in [-0.39, 0.29) is 23.4 Å². The normalized spacial score (nSPS) is 16.7. The molecule has 0 spiro atoms. The Labute approximate surface area is 213 Å². The van der Waals surface area contributed by atoms with Crippen LogP contribution < -0.4 is 4.74 Å². The Kier molecular flexibility index (Phi) is 6.76. The zero-order chi connectivity index (χ0) is 25.8. The molecule has 7 heteroatoms. The van der Waals surface area contributed by atoms with Crippen molar-refractivity contribution < 1.29 is 23.8 Å². The summed E-state index contributed by atoms with van der Waals surface area (Å²) in [5.74, 6) is -1.83. The number of likely N-dealkylation sites (tertiary alicyclic amines) is 1. The van der Waals surface area contributed by atoms with E-state index in [2.05, 4.69) is 4.98 Å². The molecule has 1 atom stereocenters. The van der Waals surface area contributed by atoms with Crippen molar-refractivity contribution >= 4 is 17.4 Å². The van der Waals surface area contributed by atoms with Crippen molar-refractivity contribution in [1.82, 2.24) is 9.88 Å². The van der Waals surface area contributed by atoms with Crippen LogP contribution in [0.2, 0.25) is 0 Å². The van der Waals surface area contributed by atoms with Crippen molar-refractivity contribution in [3.8, 4) is 5.75 Å². The fourth-order valence-corrected chi connectivity index (χ4v) is 4.35. The van der Waals surface area contributed by atoms with Crippen LogP contribution in [0.1, 0.15) is 28.3 Å². The van der Waals surface area contributed by atoms with Gasteiger partial charge in [-0.05, 0) is 65.2 Å². The maximum absolute atomic E-state index is 13.5. The van der Waals surface area contributed by atoms with Crippen LogP contribution in [0.3, 0.4) is 0 Å². The standard InChI is InChI=1S/C30H23FN2O4/c31-24-11-9-22(10-12-24)28(34)26-27(33(30(36)29(26)35)18-20-13-15-32-16-14-20)23-7-4-8-25(17-23)37-19-21-5-2-1-3-6-21/h1-17,27,34H,18-19H2/b28-26+. The number of carbonyl (C=O) groups is 2. The summed E-state index contributed by atoms with van der Waals surface area (Å²) in [4.78, 5) is 31.9. The average molecular weight is 495 g/mol. The van der Waals surface area contributed by atoms with Crippen LogP contribution in [-0.2, 0) is 22.7 Å². The minimum atomic E-state index is -0.876. The van der Waals surface area contributed by atoms with Crippen molar-refractivity contribution in [3.05, 3.63) is 137 Å². The second-order valence-corrected chi connectivity index (χ2v) is 8.64. The van der Waals surface area contributed by atoms with E-state index in [1.165, 1.54) is 29.2 Å². The molecule has 1 amide bonds. The Bertz CT molecular complexity index is 1450. The number of ketones is 1. The van der Waals surface area contributed by atoms with Crippen LogP contribution in [0.4, 0.5) is 4.39 Å². The molecule has 1 aliphatic heterocycles. The van der Waals surface area contributed by atoms with Gasteiger partial charge in [0.25, 0.3) is 11.7 Å². The number of hydrogen-bond donors (Lipinski definition) is 1. The first kappa shape index (κ1) is 23.9. The number of hydrogen-bond acceptors (Lipinski definition) is 5. The summed E-state index contributed by atoms with van der Waals surface area (Å²) < 4.78 is 19.5. The lowest BCUT2D eigenvalue weighted by molar-refractivity contribution is -0.140. The molecular weight excluding hydrogens is 471 g/mol. The molecule has 0 saturated carbocycles. The molecule has 4 aromatic rings. The predicted molar refractivity (Wildman–Crippen MR) is 136 cm³/mol. The first-order valence-corrected chi connectivity index (χ1v) is 11.7. The average Bonchev–Trinajstić information content (AvgIpc) is 3.18. The summed E-state index contributed by atoms with van der Waals surface area (Å²) >= 11 is 0. The van der Waals surface area contributed by atoms with Gasteiger partial charge >= 0.3 is 0 Å². The highest BCUT2D eigenvalue weighted by atomic mass is 19.1. The molecule has 0 radical (unpaired) electrons. The van der Waals surface area contributed by atoms with Crippen molar-refractivity contribution in [2.75, 3.05) is 0 Å². The van der Waals surface area contributed by atoms with Crippen LogP contribution in [0.25, 0.3) is 5.76 Å². The van der Waals surface area contributed by atoms with Gasteiger partial charge in [-0.15, -0.1) is 0 Å². The summed E-state index contributed by atoms with van der Waals surface area (Å²) in [6, 6.07) is 24.6. The lowest BCUT2D eigenvalue weighted by Crippen LogP contribution is -2.29. The van der Waals surface area contributed by atoms with E-state index in [0.717, 1.165) is 11.1 Å². The molecular formula is C30H23FN2O4. The number of carbonyl (C=O) groups excluding carboxylic acids is 2. The zero-order valence-corrected chi connectivity index (χ0v) is 19.8. The smallest absolute Gasteiger partial charge is 0.295 e. The van der Waals surface area contributed by atoms with Crippen LogP contribution in [0, 0.1) is 5.82 Å². The van der Waals surface area contributed by atoms with Crippen molar-refractivity contribution in [2.24, 2.45) is 0 Å². The van der Waals surface area contributed by atoms with Gasteiger partial charge in [-0.2, -0.15) is 0 Å². The summed E-state index contributed by atoms with van der Waals surface area (Å²) in [7, 11) is 0. The highest BCUT2D eigenvalue weighted by Crippen LogP contribution is 2.41. The molecule has 1 unspecified atom stereocenters. The highest BCUT2D eigenvalue weighted by Gasteiger charge is 2.46. The van der Waals surface area contributed by atoms with E-state index in [1.54, 1.807) is 48.8 Å². The number of rotatable bonds is 7. The monoisotopic (exact) mass is 494 g/mol. The van der Waals surface area contributed by atoms with Crippen molar-refractivity contribution in [2.45, 2.75) is 19.2 Å². The molecule has 1 fully saturated rings. The number of aliphatic hydroxyl groups is 1. The Morgan fingerprint density at radius 3 is 2.35 bits per heavy atom. The quantitative estimate of drug-likeness (QED) is 0.211. The van der Waals surface area contributed by atoms with E-state index < -0.39 is 23.5 Å². The summed E-state index contributed by atoms with van der Waals surface area (Å²) in [6.07, 6.45) is 3.22. The molecule has 2 heterocycles. The van der Waals surface area contributed by atoms with Gasteiger partial charge in [0, 0.05) is 24.5 Å². The molecule has 0 bridgehead atoms. The van der Waals surface area contributed by atoms with E-state index >= 15 is 0 Å². The van der Waals surface area contributed by atoms with Crippen LogP contribution in [0.15, 0.2) is 109 Å². The number of amides is 1. The lowest BCUT2D eigenvalue weighted by Gasteiger charge is -2.26. The van der Waals surface area contributed by atoms with Crippen LogP contribution in [-0.4, -0.2) is 26.7 Å². The summed E-state index contributed by atoms with van der Waals surface area (Å²) in [5, 5.41) is 11.2. The first-order chi connectivity index (χ1) is 18.0.